The zero-order valence-corrected chi connectivity index (χ0v) is 10.9. The first-order chi connectivity index (χ1) is 9.63. The summed E-state index contributed by atoms with van der Waals surface area (Å²) in [6.45, 7) is 0.825. The van der Waals surface area contributed by atoms with E-state index in [2.05, 4.69) is 5.32 Å². The smallest absolute Gasteiger partial charge is 0.325 e. The average Bonchev–Trinajstić information content (AvgIpc) is 2.79. The summed E-state index contributed by atoms with van der Waals surface area (Å²) in [4.78, 5) is 26.7. The number of nitrogens with two attached hydrogens (primary N) is 1. The lowest BCUT2D eigenvalue weighted by molar-refractivity contribution is -0.121. The van der Waals surface area contributed by atoms with Crippen molar-refractivity contribution < 1.29 is 9.59 Å². The number of hydrogen-bond acceptors (Lipinski definition) is 4. The second kappa shape index (κ2) is 5.93. The number of nitriles is 1. The van der Waals surface area contributed by atoms with E-state index in [-0.39, 0.29) is 25.0 Å². The van der Waals surface area contributed by atoms with E-state index in [0.29, 0.717) is 24.5 Å². The fourth-order valence-electron chi connectivity index (χ4n) is 2.05. The number of amides is 3. The molecule has 0 bridgehead atoms. The topological polar surface area (TPSA) is 102 Å². The summed E-state index contributed by atoms with van der Waals surface area (Å²) >= 11 is 0. The highest BCUT2D eigenvalue weighted by molar-refractivity contribution is 5.98. The van der Waals surface area contributed by atoms with Crippen LogP contribution in [0, 0.1) is 11.3 Å². The lowest BCUT2D eigenvalue weighted by atomic mass is 10.2. The van der Waals surface area contributed by atoms with Gasteiger partial charge >= 0.3 is 6.03 Å². The molecule has 2 rings (SSSR count). The standard InChI is InChI=1S/C13H15N5O2/c14-5-6-16-12(19)9-17-7-8-18(13(17)20)11-4-2-1-3-10(11)15/h1-4H,6-9,15H2,(H,16,19). The van der Waals surface area contributed by atoms with E-state index in [1.54, 1.807) is 29.2 Å². The number of nitrogens with zero attached hydrogens (tertiary/aromatic N) is 3. The minimum Gasteiger partial charge on any atom is -0.397 e. The number of nitrogens with one attached hydrogen (secondary N) is 1. The van der Waals surface area contributed by atoms with Gasteiger partial charge in [-0.15, -0.1) is 0 Å². The fourth-order valence-corrected chi connectivity index (χ4v) is 2.05. The van der Waals surface area contributed by atoms with Crippen LogP contribution in [0.25, 0.3) is 0 Å². The second-order valence-corrected chi connectivity index (χ2v) is 4.35. The molecule has 1 aliphatic heterocycles. The largest absolute Gasteiger partial charge is 0.397 e. The van der Waals surface area contributed by atoms with Gasteiger partial charge in [0.1, 0.15) is 13.1 Å². The van der Waals surface area contributed by atoms with Crippen molar-refractivity contribution in [3.8, 4) is 6.07 Å². The zero-order valence-electron chi connectivity index (χ0n) is 10.9. The highest BCUT2D eigenvalue weighted by Crippen LogP contribution is 2.25. The number of carbonyl (C=O) groups excluding carboxylic acids is 2. The average molecular weight is 273 g/mol. The maximum absolute atomic E-state index is 12.2. The molecule has 0 aromatic heterocycles. The molecule has 3 N–H and O–H groups in total. The van der Waals surface area contributed by atoms with E-state index >= 15 is 0 Å². The van der Waals surface area contributed by atoms with Gasteiger partial charge in [-0.3, -0.25) is 9.69 Å². The molecule has 1 aliphatic rings. The molecule has 1 aromatic carbocycles. The molecule has 7 heteroatoms. The van der Waals surface area contributed by atoms with Crippen molar-refractivity contribution in [3.63, 3.8) is 0 Å². The summed E-state index contributed by atoms with van der Waals surface area (Å²) in [5.41, 5.74) is 7.02. The van der Waals surface area contributed by atoms with Crippen LogP contribution in [0.1, 0.15) is 0 Å². The van der Waals surface area contributed by atoms with Crippen molar-refractivity contribution in [1.82, 2.24) is 10.2 Å². The lowest BCUT2D eigenvalue weighted by Gasteiger charge is -2.19. The minimum absolute atomic E-state index is 0.0518. The number of para-hydroxylation sites is 2. The Balaban J connectivity index is 2.01. The maximum atomic E-state index is 12.2. The summed E-state index contributed by atoms with van der Waals surface area (Å²) < 4.78 is 0. The monoisotopic (exact) mass is 273 g/mol. The molecule has 7 nitrogen and oxygen atoms in total. The predicted molar refractivity (Wildman–Crippen MR) is 73.8 cm³/mol. The zero-order chi connectivity index (χ0) is 14.5. The molecular formula is C13H15N5O2. The van der Waals surface area contributed by atoms with Crippen LogP contribution in [-0.4, -0.2) is 43.0 Å². The van der Waals surface area contributed by atoms with Crippen LogP contribution in [0.4, 0.5) is 16.2 Å². The molecule has 1 saturated heterocycles. The Kier molecular flexibility index (Phi) is 4.05. The van der Waals surface area contributed by atoms with Crippen LogP contribution in [-0.2, 0) is 4.79 Å². The Hall–Kier alpha value is -2.75. The quantitative estimate of drug-likeness (QED) is 0.602. The summed E-state index contributed by atoms with van der Waals surface area (Å²) in [7, 11) is 0. The van der Waals surface area contributed by atoms with Crippen molar-refractivity contribution in [2.75, 3.05) is 36.8 Å². The third-order valence-corrected chi connectivity index (χ3v) is 3.02. The fraction of sp³-hybridized carbons (Fsp3) is 0.308. The molecule has 0 unspecified atom stereocenters. The number of rotatable bonds is 4. The normalized spacial score (nSPS) is 14.2. The molecule has 0 atom stereocenters. The Bertz CT molecular complexity index is 566. The highest BCUT2D eigenvalue weighted by atomic mass is 16.2. The van der Waals surface area contributed by atoms with Crippen molar-refractivity contribution in [3.05, 3.63) is 24.3 Å². The van der Waals surface area contributed by atoms with E-state index in [4.69, 9.17) is 11.0 Å². The summed E-state index contributed by atoms with van der Waals surface area (Å²) in [5.74, 6) is -0.345. The van der Waals surface area contributed by atoms with Gasteiger partial charge in [0.15, 0.2) is 0 Å². The van der Waals surface area contributed by atoms with Crippen LogP contribution < -0.4 is 16.0 Å². The third-order valence-electron chi connectivity index (χ3n) is 3.02. The first-order valence-electron chi connectivity index (χ1n) is 6.18. The number of benzene rings is 1. The summed E-state index contributed by atoms with van der Waals surface area (Å²) in [6, 6.07) is 8.66. The van der Waals surface area contributed by atoms with Gasteiger partial charge in [-0.05, 0) is 12.1 Å². The predicted octanol–water partition coefficient (Wildman–Crippen LogP) is 0.151. The third kappa shape index (κ3) is 2.80. The number of anilines is 2. The van der Waals surface area contributed by atoms with Crippen LogP contribution in [0.2, 0.25) is 0 Å². The Morgan fingerprint density at radius 3 is 2.85 bits per heavy atom. The van der Waals surface area contributed by atoms with Crippen molar-refractivity contribution in [2.45, 2.75) is 0 Å². The molecule has 0 spiro atoms. The van der Waals surface area contributed by atoms with Gasteiger partial charge in [0.05, 0.1) is 17.4 Å². The molecule has 1 aromatic rings. The number of hydrogen-bond donors (Lipinski definition) is 2. The van der Waals surface area contributed by atoms with Crippen molar-refractivity contribution >= 4 is 23.3 Å². The van der Waals surface area contributed by atoms with E-state index < -0.39 is 0 Å². The molecule has 0 radical (unpaired) electrons. The van der Waals surface area contributed by atoms with Crippen LogP contribution in [0.5, 0.6) is 0 Å². The van der Waals surface area contributed by atoms with Gasteiger partial charge in [0.2, 0.25) is 5.91 Å². The van der Waals surface area contributed by atoms with Gasteiger partial charge < -0.3 is 16.0 Å². The van der Waals surface area contributed by atoms with Gasteiger partial charge in [-0.2, -0.15) is 5.26 Å². The Morgan fingerprint density at radius 1 is 1.40 bits per heavy atom. The molecule has 104 valence electrons. The van der Waals surface area contributed by atoms with Gasteiger partial charge in [-0.25, -0.2) is 4.79 Å². The van der Waals surface area contributed by atoms with Crippen LogP contribution in [0.15, 0.2) is 24.3 Å². The SMILES string of the molecule is N#CCNC(=O)CN1CCN(c2ccccc2N)C1=O. The molecule has 3 amide bonds. The molecule has 0 aliphatic carbocycles. The minimum atomic E-state index is -0.345. The first-order valence-corrected chi connectivity index (χ1v) is 6.18. The van der Waals surface area contributed by atoms with Crippen LogP contribution in [0.3, 0.4) is 0 Å². The Morgan fingerprint density at radius 2 is 2.15 bits per heavy atom. The highest BCUT2D eigenvalue weighted by Gasteiger charge is 2.31. The maximum Gasteiger partial charge on any atom is 0.325 e. The van der Waals surface area contributed by atoms with Gasteiger partial charge in [0, 0.05) is 13.1 Å². The molecule has 1 fully saturated rings. The molecule has 20 heavy (non-hydrogen) atoms. The number of urea groups is 1. The Labute approximate surface area is 116 Å². The van der Waals surface area contributed by atoms with Gasteiger partial charge in [0.25, 0.3) is 0 Å². The van der Waals surface area contributed by atoms with Crippen LogP contribution >= 0.6 is 0 Å². The number of nitrogen functional groups attached to an aromatic ring is 1. The summed E-state index contributed by atoms with van der Waals surface area (Å²) in [6.07, 6.45) is 0. The summed E-state index contributed by atoms with van der Waals surface area (Å²) in [5, 5.41) is 10.8. The van der Waals surface area contributed by atoms with E-state index in [1.165, 1.54) is 4.90 Å². The molecule has 1 heterocycles. The number of carbonyl (C=O) groups is 2. The molecular weight excluding hydrogens is 258 g/mol. The van der Waals surface area contributed by atoms with Crippen molar-refractivity contribution in [2.24, 2.45) is 0 Å². The second-order valence-electron chi connectivity index (χ2n) is 4.35. The van der Waals surface area contributed by atoms with E-state index in [1.807, 2.05) is 6.07 Å². The first kappa shape index (κ1) is 13.7. The van der Waals surface area contributed by atoms with Crippen molar-refractivity contribution in [1.29, 1.82) is 5.26 Å². The van der Waals surface area contributed by atoms with Gasteiger partial charge in [-0.1, -0.05) is 12.1 Å². The lowest BCUT2D eigenvalue weighted by Crippen LogP contribution is -2.40. The van der Waals surface area contributed by atoms with E-state index in [9.17, 15) is 9.59 Å². The van der Waals surface area contributed by atoms with E-state index in [0.717, 1.165) is 0 Å². The molecule has 0 saturated carbocycles.